The van der Waals surface area contributed by atoms with E-state index in [4.69, 9.17) is 9.47 Å². The van der Waals surface area contributed by atoms with Crippen molar-refractivity contribution in [3.8, 4) is 11.8 Å². The fourth-order valence-corrected chi connectivity index (χ4v) is 3.07. The maximum atomic E-state index is 12.6. The molecule has 132 valence electrons. The van der Waals surface area contributed by atoms with Crippen LogP contribution in [0.3, 0.4) is 0 Å². The summed E-state index contributed by atoms with van der Waals surface area (Å²) in [5.74, 6) is 0.361. The number of hydrogen-bond donors (Lipinski definition) is 1. The molecule has 3 aromatic heterocycles. The summed E-state index contributed by atoms with van der Waals surface area (Å²) in [7, 11) is -2.63. The number of aromatic nitrogens is 5. The van der Waals surface area contributed by atoms with Gasteiger partial charge in [-0.2, -0.15) is 17.9 Å². The number of nitrogens with one attached hydrogen (secondary N) is 1. The minimum Gasteiger partial charge on any atom is -0.492 e. The van der Waals surface area contributed by atoms with Gasteiger partial charge in [0.15, 0.2) is 5.65 Å². The lowest BCUT2D eigenvalue weighted by Gasteiger charge is -2.10. The molecular weight excluding hydrogens is 348 g/mol. The zero-order valence-corrected chi connectivity index (χ0v) is 14.6. The van der Waals surface area contributed by atoms with Crippen molar-refractivity contribution >= 4 is 21.4 Å². The lowest BCUT2D eigenvalue weighted by Crippen LogP contribution is -2.16. The van der Waals surface area contributed by atoms with E-state index in [-0.39, 0.29) is 11.7 Å². The van der Waals surface area contributed by atoms with Gasteiger partial charge < -0.3 is 9.47 Å². The molecule has 25 heavy (non-hydrogen) atoms. The van der Waals surface area contributed by atoms with Crippen molar-refractivity contribution < 1.29 is 17.9 Å². The molecule has 3 aromatic rings. The van der Waals surface area contributed by atoms with Gasteiger partial charge >= 0.3 is 6.01 Å². The van der Waals surface area contributed by atoms with Gasteiger partial charge in [-0.25, -0.2) is 4.98 Å². The second kappa shape index (κ2) is 6.51. The standard InChI is InChI=1S/C14H16N6O4S/c1-4-24-11-5-6-15-8-10(11)19-25(21,22)13-17-12-7-9(2)16-14(23-3)20(12)18-13/h5-8,19H,4H2,1-3H3. The predicted octanol–water partition coefficient (Wildman–Crippen LogP) is 1.04. The summed E-state index contributed by atoms with van der Waals surface area (Å²) in [4.78, 5) is 12.1. The molecule has 0 radical (unpaired) electrons. The Morgan fingerprint density at radius 2 is 2.12 bits per heavy atom. The highest BCUT2D eigenvalue weighted by atomic mass is 32.2. The summed E-state index contributed by atoms with van der Waals surface area (Å²) < 4.78 is 39.3. The average molecular weight is 364 g/mol. The summed E-state index contributed by atoms with van der Waals surface area (Å²) in [5, 5.41) is 3.56. The summed E-state index contributed by atoms with van der Waals surface area (Å²) >= 11 is 0. The first-order valence-corrected chi connectivity index (χ1v) is 8.81. The van der Waals surface area contributed by atoms with Crippen LogP contribution in [-0.2, 0) is 10.0 Å². The maximum absolute atomic E-state index is 12.6. The number of hydrogen-bond acceptors (Lipinski definition) is 8. The fraction of sp³-hybridized carbons (Fsp3) is 0.286. The topological polar surface area (TPSA) is 121 Å². The third-order valence-electron chi connectivity index (χ3n) is 3.15. The number of fused-ring (bicyclic) bond motifs is 1. The first-order valence-electron chi connectivity index (χ1n) is 7.32. The minimum atomic E-state index is -4.05. The molecule has 0 aliphatic heterocycles. The molecule has 0 amide bonds. The molecule has 0 unspecified atom stereocenters. The normalized spacial score (nSPS) is 11.5. The lowest BCUT2D eigenvalue weighted by atomic mass is 10.4. The molecule has 0 aliphatic rings. The molecule has 3 heterocycles. The summed E-state index contributed by atoms with van der Waals surface area (Å²) in [6.07, 6.45) is 2.86. The highest BCUT2D eigenvalue weighted by Crippen LogP contribution is 2.25. The molecule has 0 aliphatic carbocycles. The Morgan fingerprint density at radius 3 is 2.84 bits per heavy atom. The number of aryl methyl sites for hydroxylation is 1. The molecule has 1 N–H and O–H groups in total. The van der Waals surface area contributed by atoms with Crippen LogP contribution in [0.15, 0.2) is 29.7 Å². The number of rotatable bonds is 6. The Balaban J connectivity index is 2.02. The number of sulfonamides is 1. The van der Waals surface area contributed by atoms with Crippen molar-refractivity contribution in [3.05, 3.63) is 30.2 Å². The third kappa shape index (κ3) is 3.31. The Bertz CT molecular complexity index is 1020. The smallest absolute Gasteiger partial charge is 0.319 e. The third-order valence-corrected chi connectivity index (χ3v) is 4.29. The van der Waals surface area contributed by atoms with Gasteiger partial charge in [0.2, 0.25) is 0 Å². The van der Waals surface area contributed by atoms with Crippen LogP contribution in [0.25, 0.3) is 5.65 Å². The molecular formula is C14H16N6O4S. The zero-order chi connectivity index (χ0) is 18.0. The van der Waals surface area contributed by atoms with Crippen LogP contribution < -0.4 is 14.2 Å². The molecule has 0 aromatic carbocycles. The second-order valence-electron chi connectivity index (χ2n) is 4.96. The van der Waals surface area contributed by atoms with Crippen LogP contribution in [0.5, 0.6) is 11.8 Å². The van der Waals surface area contributed by atoms with Crippen LogP contribution in [0.2, 0.25) is 0 Å². The Morgan fingerprint density at radius 1 is 1.32 bits per heavy atom. The average Bonchev–Trinajstić information content (AvgIpc) is 3.00. The number of methoxy groups -OCH3 is 1. The second-order valence-corrected chi connectivity index (χ2v) is 6.54. The van der Waals surface area contributed by atoms with Crippen molar-refractivity contribution in [1.82, 2.24) is 24.6 Å². The maximum Gasteiger partial charge on any atom is 0.319 e. The monoisotopic (exact) mass is 364 g/mol. The van der Waals surface area contributed by atoms with Crippen LogP contribution >= 0.6 is 0 Å². The molecule has 0 spiro atoms. The van der Waals surface area contributed by atoms with Crippen molar-refractivity contribution in [2.24, 2.45) is 0 Å². The summed E-state index contributed by atoms with van der Waals surface area (Å²) in [6.45, 7) is 3.92. The van der Waals surface area contributed by atoms with Crippen LogP contribution in [-0.4, -0.2) is 46.7 Å². The van der Waals surface area contributed by atoms with E-state index in [0.29, 0.717) is 23.7 Å². The van der Waals surface area contributed by atoms with Crippen LogP contribution in [0.4, 0.5) is 5.69 Å². The minimum absolute atomic E-state index is 0.139. The largest absolute Gasteiger partial charge is 0.492 e. The van der Waals surface area contributed by atoms with Gasteiger partial charge in [-0.15, -0.1) is 5.10 Å². The Labute approximate surface area is 143 Å². The molecule has 11 heteroatoms. The van der Waals surface area contributed by atoms with Gasteiger partial charge in [0.05, 0.1) is 19.9 Å². The van der Waals surface area contributed by atoms with Crippen molar-refractivity contribution in [2.45, 2.75) is 19.0 Å². The van der Waals surface area contributed by atoms with E-state index in [2.05, 4.69) is 24.8 Å². The van der Waals surface area contributed by atoms with E-state index in [9.17, 15) is 8.42 Å². The number of ether oxygens (including phenoxy) is 2. The first kappa shape index (κ1) is 16.9. The molecule has 0 fully saturated rings. The van der Waals surface area contributed by atoms with Gasteiger partial charge in [0, 0.05) is 24.0 Å². The van der Waals surface area contributed by atoms with Crippen molar-refractivity contribution in [3.63, 3.8) is 0 Å². The molecule has 0 atom stereocenters. The van der Waals surface area contributed by atoms with Crippen LogP contribution in [0.1, 0.15) is 12.6 Å². The van der Waals surface area contributed by atoms with Gasteiger partial charge in [0.25, 0.3) is 15.2 Å². The zero-order valence-electron chi connectivity index (χ0n) is 13.8. The highest BCUT2D eigenvalue weighted by Gasteiger charge is 2.23. The predicted molar refractivity (Wildman–Crippen MR) is 88.3 cm³/mol. The quantitative estimate of drug-likeness (QED) is 0.688. The molecule has 0 saturated carbocycles. The number of nitrogens with zero attached hydrogens (tertiary/aromatic N) is 5. The SMILES string of the molecule is CCOc1ccncc1NS(=O)(=O)c1nc2cc(C)nc(OC)n2n1. The van der Waals surface area contributed by atoms with Crippen LogP contribution in [0, 0.1) is 6.92 Å². The van der Waals surface area contributed by atoms with Crippen molar-refractivity contribution in [1.29, 1.82) is 0 Å². The van der Waals surface area contributed by atoms with E-state index >= 15 is 0 Å². The van der Waals surface area contributed by atoms with E-state index in [1.807, 2.05) is 0 Å². The molecule has 0 saturated heterocycles. The summed E-state index contributed by atoms with van der Waals surface area (Å²) in [6, 6.07) is 3.30. The van der Waals surface area contributed by atoms with E-state index in [0.717, 1.165) is 0 Å². The number of anilines is 1. The van der Waals surface area contributed by atoms with Gasteiger partial charge in [-0.05, 0) is 13.8 Å². The van der Waals surface area contributed by atoms with Gasteiger partial charge in [-0.1, -0.05) is 0 Å². The molecule has 10 nitrogen and oxygen atoms in total. The van der Waals surface area contributed by atoms with Gasteiger partial charge in [-0.3, -0.25) is 9.71 Å². The van der Waals surface area contributed by atoms with Gasteiger partial charge in [0.1, 0.15) is 11.4 Å². The van der Waals surface area contributed by atoms with Crippen molar-refractivity contribution in [2.75, 3.05) is 18.4 Å². The molecule has 0 bridgehead atoms. The fourth-order valence-electron chi connectivity index (χ4n) is 2.13. The van der Waals surface area contributed by atoms with E-state index in [1.165, 1.54) is 24.0 Å². The number of pyridine rings is 1. The lowest BCUT2D eigenvalue weighted by molar-refractivity contribution is 0.341. The summed E-state index contributed by atoms with van der Waals surface area (Å²) in [5.41, 5.74) is 1.13. The Hall–Kier alpha value is -2.95. The Kier molecular flexibility index (Phi) is 4.40. The highest BCUT2D eigenvalue weighted by molar-refractivity contribution is 7.92. The van der Waals surface area contributed by atoms with E-state index < -0.39 is 15.2 Å². The molecule has 3 rings (SSSR count). The van der Waals surface area contributed by atoms with E-state index in [1.54, 1.807) is 26.0 Å². The first-order chi connectivity index (χ1) is 11.9.